The fourth-order valence-corrected chi connectivity index (χ4v) is 3.39. The average Bonchev–Trinajstić information content (AvgIpc) is 2.74. The van der Waals surface area contributed by atoms with Crippen LogP contribution in [0.5, 0.6) is 0 Å². The summed E-state index contributed by atoms with van der Waals surface area (Å²) >= 11 is 0. The molecule has 9 N–H and O–H groups in total. The highest BCUT2D eigenvalue weighted by Gasteiger charge is 2.18. The summed E-state index contributed by atoms with van der Waals surface area (Å²) in [6.07, 6.45) is 2.72. The molecule has 0 spiro atoms. The van der Waals surface area contributed by atoms with Crippen molar-refractivity contribution in [2.75, 3.05) is 25.0 Å². The molecule has 0 aliphatic carbocycles. The van der Waals surface area contributed by atoms with E-state index < -0.39 is 12.1 Å². The fourth-order valence-electron chi connectivity index (χ4n) is 3.39. The quantitative estimate of drug-likeness (QED) is 0.255. The Morgan fingerprint density at radius 3 is 2.48 bits per heavy atom. The topological polar surface area (TPSA) is 149 Å². The third-order valence-electron chi connectivity index (χ3n) is 5.15. The first kappa shape index (κ1) is 22.4. The molecule has 2 aromatic rings. The number of hydrogen-bond acceptors (Lipinski definition) is 5. The summed E-state index contributed by atoms with van der Waals surface area (Å²) in [5, 5.41) is 2.78. The van der Waals surface area contributed by atoms with Crippen LogP contribution in [0.15, 0.2) is 53.5 Å². The monoisotopic (exact) mass is 425 g/mol. The Morgan fingerprint density at radius 2 is 1.90 bits per heavy atom. The molecule has 1 heterocycles. The molecule has 0 aromatic heterocycles. The van der Waals surface area contributed by atoms with Crippen molar-refractivity contribution < 1.29 is 9.18 Å². The standard InChI is InChI=1S/C22H28FN7O/c23-19-13-16(3-6-18(19)15-8-11-30(12-9-15)22(26)27)20(31)29-17-4-1-14(2-5-17)7-10-28-21(24)25/h1-6,8,13,22H,7,9-12,26-27H2,(H,29,31)(H4,24,25,28). The van der Waals surface area contributed by atoms with Gasteiger partial charge in [-0.2, -0.15) is 0 Å². The number of nitrogens with two attached hydrogens (primary N) is 4. The van der Waals surface area contributed by atoms with Crippen LogP contribution in [0.4, 0.5) is 10.1 Å². The number of carbonyl (C=O) groups excluding carboxylic acids is 1. The molecule has 0 atom stereocenters. The highest BCUT2D eigenvalue weighted by molar-refractivity contribution is 6.04. The summed E-state index contributed by atoms with van der Waals surface area (Å²) in [4.78, 5) is 18.4. The van der Waals surface area contributed by atoms with E-state index >= 15 is 0 Å². The summed E-state index contributed by atoms with van der Waals surface area (Å²) < 4.78 is 14.7. The van der Waals surface area contributed by atoms with Crippen molar-refractivity contribution in [2.45, 2.75) is 19.1 Å². The molecule has 0 bridgehead atoms. The van der Waals surface area contributed by atoms with E-state index in [0.29, 0.717) is 43.7 Å². The summed E-state index contributed by atoms with van der Waals surface area (Å²) in [6.45, 7) is 1.72. The average molecular weight is 426 g/mol. The number of guanidine groups is 1. The zero-order valence-electron chi connectivity index (χ0n) is 17.2. The minimum absolute atomic E-state index is 0.0589. The lowest BCUT2D eigenvalue weighted by Gasteiger charge is -2.29. The van der Waals surface area contributed by atoms with Crippen molar-refractivity contribution in [1.29, 1.82) is 0 Å². The van der Waals surface area contributed by atoms with Gasteiger partial charge in [-0.3, -0.25) is 14.7 Å². The second-order valence-electron chi connectivity index (χ2n) is 7.37. The zero-order chi connectivity index (χ0) is 22.4. The molecule has 1 aliphatic heterocycles. The summed E-state index contributed by atoms with van der Waals surface area (Å²) in [7, 11) is 0. The molecule has 9 heteroatoms. The Labute approximate surface area is 180 Å². The highest BCUT2D eigenvalue weighted by atomic mass is 19.1. The van der Waals surface area contributed by atoms with Crippen LogP contribution in [0.1, 0.15) is 27.9 Å². The number of rotatable bonds is 7. The second-order valence-corrected chi connectivity index (χ2v) is 7.37. The molecule has 1 aliphatic rings. The molecular weight excluding hydrogens is 397 g/mol. The lowest BCUT2D eigenvalue weighted by atomic mass is 9.97. The van der Waals surface area contributed by atoms with E-state index in [9.17, 15) is 9.18 Å². The highest BCUT2D eigenvalue weighted by Crippen LogP contribution is 2.26. The van der Waals surface area contributed by atoms with Gasteiger partial charge < -0.3 is 28.3 Å². The van der Waals surface area contributed by atoms with Crippen LogP contribution >= 0.6 is 0 Å². The van der Waals surface area contributed by atoms with E-state index in [1.54, 1.807) is 24.3 Å². The number of carbonyl (C=O) groups is 1. The van der Waals surface area contributed by atoms with Gasteiger partial charge >= 0.3 is 0 Å². The van der Waals surface area contributed by atoms with Crippen LogP contribution in [0.2, 0.25) is 0 Å². The van der Waals surface area contributed by atoms with Crippen LogP contribution in [-0.4, -0.2) is 42.7 Å². The number of anilines is 1. The van der Waals surface area contributed by atoms with Crippen LogP contribution in [0.25, 0.3) is 5.57 Å². The predicted octanol–water partition coefficient (Wildman–Crippen LogP) is 1.18. The molecule has 0 radical (unpaired) electrons. The van der Waals surface area contributed by atoms with Crippen molar-refractivity contribution >= 4 is 23.1 Å². The maximum Gasteiger partial charge on any atom is 0.255 e. The van der Waals surface area contributed by atoms with Crippen molar-refractivity contribution in [1.82, 2.24) is 4.90 Å². The molecular formula is C22H28FN7O. The van der Waals surface area contributed by atoms with Gasteiger partial charge in [0, 0.05) is 36.4 Å². The number of benzene rings is 2. The summed E-state index contributed by atoms with van der Waals surface area (Å²) in [5.74, 6) is -0.750. The van der Waals surface area contributed by atoms with Gasteiger partial charge in [-0.25, -0.2) is 4.39 Å². The van der Waals surface area contributed by atoms with Crippen molar-refractivity contribution in [2.24, 2.45) is 27.9 Å². The Morgan fingerprint density at radius 1 is 1.16 bits per heavy atom. The number of hydrogen-bond donors (Lipinski definition) is 5. The third kappa shape index (κ3) is 6.11. The lowest BCUT2D eigenvalue weighted by Crippen LogP contribution is -2.50. The normalized spacial score (nSPS) is 14.3. The maximum absolute atomic E-state index is 14.7. The van der Waals surface area contributed by atoms with E-state index in [1.807, 2.05) is 23.1 Å². The van der Waals surface area contributed by atoms with Gasteiger partial charge in [0.15, 0.2) is 5.96 Å². The summed E-state index contributed by atoms with van der Waals surface area (Å²) in [6, 6.07) is 11.9. The first-order chi connectivity index (χ1) is 14.8. The van der Waals surface area contributed by atoms with Crippen molar-refractivity contribution in [3.05, 3.63) is 71.0 Å². The van der Waals surface area contributed by atoms with Gasteiger partial charge in [0.25, 0.3) is 5.91 Å². The first-order valence-electron chi connectivity index (χ1n) is 10.0. The smallest absolute Gasteiger partial charge is 0.255 e. The number of amides is 1. The van der Waals surface area contributed by atoms with Gasteiger partial charge in [0.1, 0.15) is 12.1 Å². The van der Waals surface area contributed by atoms with Crippen LogP contribution in [-0.2, 0) is 6.42 Å². The van der Waals surface area contributed by atoms with E-state index in [0.717, 1.165) is 11.1 Å². The maximum atomic E-state index is 14.7. The minimum Gasteiger partial charge on any atom is -0.370 e. The van der Waals surface area contributed by atoms with Crippen molar-refractivity contribution in [3.8, 4) is 0 Å². The fraction of sp³-hybridized carbons (Fsp3) is 0.273. The third-order valence-corrected chi connectivity index (χ3v) is 5.15. The number of halogens is 1. The lowest BCUT2D eigenvalue weighted by molar-refractivity contribution is 0.102. The predicted molar refractivity (Wildman–Crippen MR) is 122 cm³/mol. The van der Waals surface area contributed by atoms with E-state index in [2.05, 4.69) is 10.3 Å². The van der Waals surface area contributed by atoms with Gasteiger partial charge in [-0.05, 0) is 48.2 Å². The molecule has 0 unspecified atom stereocenters. The Bertz CT molecular complexity index is 982. The molecule has 2 aromatic carbocycles. The van der Waals surface area contributed by atoms with Crippen molar-refractivity contribution in [3.63, 3.8) is 0 Å². The number of aliphatic imine (C=N–C) groups is 1. The number of nitrogens with one attached hydrogen (secondary N) is 1. The van der Waals surface area contributed by atoms with Crippen LogP contribution in [0.3, 0.4) is 0 Å². The zero-order valence-corrected chi connectivity index (χ0v) is 17.2. The van der Waals surface area contributed by atoms with Crippen LogP contribution in [0, 0.1) is 5.82 Å². The Hall–Kier alpha value is -3.27. The SMILES string of the molecule is NC(N)=NCCc1ccc(NC(=O)c2ccc(C3=CCN(C(N)N)CC3)c(F)c2)cc1. The molecule has 164 valence electrons. The first-order valence-corrected chi connectivity index (χ1v) is 10.0. The summed E-state index contributed by atoms with van der Waals surface area (Å²) in [5.41, 5.74) is 25.3. The van der Waals surface area contributed by atoms with E-state index in [-0.39, 0.29) is 17.4 Å². The van der Waals surface area contributed by atoms with Crippen LogP contribution < -0.4 is 28.3 Å². The largest absolute Gasteiger partial charge is 0.370 e. The molecule has 0 saturated carbocycles. The molecule has 31 heavy (non-hydrogen) atoms. The molecule has 0 saturated heterocycles. The molecule has 0 fully saturated rings. The molecule has 1 amide bonds. The molecule has 3 rings (SSSR count). The second kappa shape index (κ2) is 10.2. The van der Waals surface area contributed by atoms with Gasteiger partial charge in [-0.15, -0.1) is 0 Å². The Balaban J connectivity index is 1.62. The van der Waals surface area contributed by atoms with E-state index in [1.165, 1.54) is 6.07 Å². The molecule has 8 nitrogen and oxygen atoms in total. The number of nitrogens with zero attached hydrogens (tertiary/aromatic N) is 2. The van der Waals surface area contributed by atoms with E-state index in [4.69, 9.17) is 22.9 Å². The van der Waals surface area contributed by atoms with Gasteiger partial charge in [0.2, 0.25) is 0 Å². The van der Waals surface area contributed by atoms with Gasteiger partial charge in [-0.1, -0.05) is 24.3 Å². The Kier molecular flexibility index (Phi) is 7.35. The van der Waals surface area contributed by atoms with Gasteiger partial charge in [0.05, 0.1) is 0 Å². The minimum atomic E-state index is -0.527.